The van der Waals surface area contributed by atoms with Gasteiger partial charge >= 0.3 is 0 Å². The molecule has 0 atom stereocenters. The van der Waals surface area contributed by atoms with Crippen LogP contribution in [0.25, 0.3) is 0 Å². The van der Waals surface area contributed by atoms with Gasteiger partial charge in [0, 0.05) is 27.2 Å². The second-order valence-electron chi connectivity index (χ2n) is 6.84. The highest BCUT2D eigenvalue weighted by Gasteiger charge is 2.12. The Morgan fingerprint density at radius 2 is 1.88 bits per heavy atom. The first-order valence-electron chi connectivity index (χ1n) is 8.85. The molecule has 0 aromatic heterocycles. The summed E-state index contributed by atoms with van der Waals surface area (Å²) in [6, 6.07) is 0. The predicted octanol–water partition coefficient (Wildman–Crippen LogP) is 3.16. The van der Waals surface area contributed by atoms with Gasteiger partial charge in [-0.05, 0) is 25.7 Å². The number of carbonyl (C=O) groups is 1. The van der Waals surface area contributed by atoms with Gasteiger partial charge in [-0.1, -0.05) is 44.3 Å². The fourth-order valence-electron chi connectivity index (χ4n) is 2.77. The van der Waals surface area contributed by atoms with Crippen LogP contribution in [-0.4, -0.2) is 50.5 Å². The van der Waals surface area contributed by atoms with E-state index >= 15 is 0 Å². The van der Waals surface area contributed by atoms with E-state index in [9.17, 15) is 4.79 Å². The number of carbonyl (C=O) groups excluding carboxylic acids is 1. The van der Waals surface area contributed by atoms with Crippen molar-refractivity contribution in [3.63, 3.8) is 0 Å². The molecule has 0 bridgehead atoms. The minimum atomic E-state index is 0. The van der Waals surface area contributed by atoms with E-state index in [4.69, 9.17) is 0 Å². The number of nitrogens with zero attached hydrogens (tertiary/aromatic N) is 2. The molecule has 1 aliphatic rings. The second kappa shape index (κ2) is 13.5. The summed E-state index contributed by atoms with van der Waals surface area (Å²) in [5.41, 5.74) is 1.04. The van der Waals surface area contributed by atoms with E-state index in [1.807, 2.05) is 6.92 Å². The maximum absolute atomic E-state index is 11.7. The van der Waals surface area contributed by atoms with Crippen molar-refractivity contribution < 1.29 is 4.79 Å². The van der Waals surface area contributed by atoms with Gasteiger partial charge in [0.1, 0.15) is 6.54 Å². The molecule has 1 aliphatic carbocycles. The van der Waals surface area contributed by atoms with Gasteiger partial charge in [-0.25, -0.2) is 4.99 Å². The van der Waals surface area contributed by atoms with Gasteiger partial charge in [0.2, 0.25) is 5.91 Å². The van der Waals surface area contributed by atoms with Gasteiger partial charge in [-0.3, -0.25) is 4.79 Å². The molecule has 0 unspecified atom stereocenters. The molecule has 1 fully saturated rings. The fourth-order valence-corrected chi connectivity index (χ4v) is 2.77. The highest BCUT2D eigenvalue weighted by molar-refractivity contribution is 14.0. The topological polar surface area (TPSA) is 56.7 Å². The number of aliphatic imine (C=N–C) groups is 1. The van der Waals surface area contributed by atoms with Crippen LogP contribution in [0.5, 0.6) is 0 Å². The number of nitrogens with one attached hydrogen (secondary N) is 2. The van der Waals surface area contributed by atoms with Crippen molar-refractivity contribution in [1.29, 1.82) is 0 Å². The summed E-state index contributed by atoms with van der Waals surface area (Å²) in [5.74, 6) is 1.61. The van der Waals surface area contributed by atoms with Crippen LogP contribution in [0.1, 0.15) is 51.9 Å². The molecule has 1 saturated carbocycles. The Bertz CT molecular complexity index is 404. The van der Waals surface area contributed by atoms with Gasteiger partial charge in [-0.2, -0.15) is 0 Å². The molecule has 0 aromatic carbocycles. The van der Waals surface area contributed by atoms with Crippen molar-refractivity contribution in [2.24, 2.45) is 10.9 Å². The zero-order valence-corrected chi connectivity index (χ0v) is 17.9. The summed E-state index contributed by atoms with van der Waals surface area (Å²) in [4.78, 5) is 17.6. The van der Waals surface area contributed by atoms with Gasteiger partial charge < -0.3 is 15.5 Å². The highest BCUT2D eigenvalue weighted by atomic mass is 127. The van der Waals surface area contributed by atoms with Crippen LogP contribution in [0.2, 0.25) is 0 Å². The molecule has 1 amide bonds. The van der Waals surface area contributed by atoms with E-state index in [0.717, 1.165) is 24.5 Å². The van der Waals surface area contributed by atoms with Crippen molar-refractivity contribution in [2.75, 3.05) is 33.7 Å². The van der Waals surface area contributed by atoms with Gasteiger partial charge in [0.05, 0.1) is 0 Å². The molecule has 0 aliphatic heterocycles. The lowest BCUT2D eigenvalue weighted by Crippen LogP contribution is -2.39. The van der Waals surface area contributed by atoms with E-state index in [1.165, 1.54) is 38.5 Å². The summed E-state index contributed by atoms with van der Waals surface area (Å²) in [6.45, 7) is 7.60. The number of halogens is 1. The van der Waals surface area contributed by atoms with Crippen molar-refractivity contribution in [1.82, 2.24) is 15.5 Å². The molecular formula is C18H35IN4O. The maximum Gasteiger partial charge on any atom is 0.243 e. The lowest BCUT2D eigenvalue weighted by Gasteiger charge is -2.21. The normalized spacial score (nSPS) is 15.4. The number of likely N-dealkylation sites (N-methyl/N-ethyl adjacent to an activating group) is 1. The molecule has 6 heteroatoms. The maximum atomic E-state index is 11.7. The Hall–Kier alpha value is -0.790. The molecule has 140 valence electrons. The van der Waals surface area contributed by atoms with Gasteiger partial charge in [0.15, 0.2) is 5.96 Å². The Balaban J connectivity index is 0.00000529. The molecule has 0 heterocycles. The van der Waals surface area contributed by atoms with E-state index in [1.54, 1.807) is 19.0 Å². The standard InChI is InChI=1S/C18H34N4O.HI/c1-15(2)13-20-18(21-14-17(23)22(3)4)19-12-8-11-16-9-6-5-7-10-16;/h16H,1,5-14H2,2-4H3,(H2,19,20,21);1H. The minimum Gasteiger partial charge on any atom is -0.356 e. The summed E-state index contributed by atoms with van der Waals surface area (Å²) in [5, 5.41) is 6.56. The molecule has 5 nitrogen and oxygen atoms in total. The average molecular weight is 450 g/mol. The smallest absolute Gasteiger partial charge is 0.243 e. The van der Waals surface area contributed by atoms with Crippen LogP contribution < -0.4 is 10.6 Å². The SMILES string of the molecule is C=C(C)CNC(=NCC(=O)N(C)C)NCCCC1CCCCC1.I. The first-order valence-corrected chi connectivity index (χ1v) is 8.85. The Morgan fingerprint density at radius 1 is 1.21 bits per heavy atom. The summed E-state index contributed by atoms with van der Waals surface area (Å²) in [7, 11) is 3.49. The lowest BCUT2D eigenvalue weighted by molar-refractivity contribution is -0.127. The van der Waals surface area contributed by atoms with Crippen LogP contribution in [0.3, 0.4) is 0 Å². The lowest BCUT2D eigenvalue weighted by atomic mass is 9.86. The second-order valence-corrected chi connectivity index (χ2v) is 6.84. The van der Waals surface area contributed by atoms with Crippen molar-refractivity contribution >= 4 is 35.8 Å². The van der Waals surface area contributed by atoms with E-state index in [2.05, 4.69) is 22.2 Å². The van der Waals surface area contributed by atoms with Crippen LogP contribution >= 0.6 is 24.0 Å². The Kier molecular flexibility index (Phi) is 13.1. The third-order valence-electron chi connectivity index (χ3n) is 4.24. The zero-order chi connectivity index (χ0) is 17.1. The van der Waals surface area contributed by atoms with Gasteiger partial charge in [0.25, 0.3) is 0 Å². The quantitative estimate of drug-likeness (QED) is 0.196. The zero-order valence-electron chi connectivity index (χ0n) is 15.6. The monoisotopic (exact) mass is 450 g/mol. The first kappa shape index (κ1) is 23.2. The number of rotatable bonds is 8. The summed E-state index contributed by atoms with van der Waals surface area (Å²) >= 11 is 0. The molecule has 0 aromatic rings. The van der Waals surface area contributed by atoms with Crippen LogP contribution in [0.4, 0.5) is 0 Å². The van der Waals surface area contributed by atoms with E-state index in [0.29, 0.717) is 12.5 Å². The van der Waals surface area contributed by atoms with E-state index in [-0.39, 0.29) is 36.4 Å². The van der Waals surface area contributed by atoms with E-state index < -0.39 is 0 Å². The van der Waals surface area contributed by atoms with Crippen LogP contribution in [0, 0.1) is 5.92 Å². The molecule has 2 N–H and O–H groups in total. The third-order valence-corrected chi connectivity index (χ3v) is 4.24. The molecule has 0 spiro atoms. The number of guanidine groups is 1. The largest absolute Gasteiger partial charge is 0.356 e. The van der Waals surface area contributed by atoms with Crippen molar-refractivity contribution in [2.45, 2.75) is 51.9 Å². The third kappa shape index (κ3) is 10.9. The molecular weight excluding hydrogens is 415 g/mol. The Morgan fingerprint density at radius 3 is 2.46 bits per heavy atom. The number of amides is 1. The summed E-state index contributed by atoms with van der Waals surface area (Å²) in [6.07, 6.45) is 9.45. The molecule has 0 radical (unpaired) electrons. The first-order chi connectivity index (χ1) is 11.0. The van der Waals surface area contributed by atoms with Crippen molar-refractivity contribution in [3.8, 4) is 0 Å². The minimum absolute atomic E-state index is 0. The van der Waals surface area contributed by atoms with Crippen LogP contribution in [0.15, 0.2) is 17.1 Å². The average Bonchev–Trinajstić information content (AvgIpc) is 2.53. The highest BCUT2D eigenvalue weighted by Crippen LogP contribution is 2.26. The Labute approximate surface area is 164 Å². The predicted molar refractivity (Wildman–Crippen MR) is 113 cm³/mol. The number of hydrogen-bond acceptors (Lipinski definition) is 2. The molecule has 0 saturated heterocycles. The van der Waals surface area contributed by atoms with Crippen molar-refractivity contribution in [3.05, 3.63) is 12.2 Å². The molecule has 24 heavy (non-hydrogen) atoms. The van der Waals surface area contributed by atoms with Gasteiger partial charge in [-0.15, -0.1) is 24.0 Å². The fraction of sp³-hybridized carbons (Fsp3) is 0.778. The molecule has 1 rings (SSSR count). The van der Waals surface area contributed by atoms with Crippen LogP contribution in [-0.2, 0) is 4.79 Å². The number of hydrogen-bond donors (Lipinski definition) is 2. The summed E-state index contributed by atoms with van der Waals surface area (Å²) < 4.78 is 0.